The number of nitriles is 1. The summed E-state index contributed by atoms with van der Waals surface area (Å²) in [5, 5.41) is 30.5. The number of fused-ring (bicyclic) bond motifs is 1. The van der Waals surface area contributed by atoms with E-state index in [1.54, 1.807) is 12.3 Å². The molecule has 0 atom stereocenters. The Bertz CT molecular complexity index is 1010. The summed E-state index contributed by atoms with van der Waals surface area (Å²) in [5.41, 5.74) is 1.34. The summed E-state index contributed by atoms with van der Waals surface area (Å²) in [7, 11) is 1.95. The minimum Gasteiger partial charge on any atom is -0.351 e. The van der Waals surface area contributed by atoms with Crippen molar-refractivity contribution in [3.63, 3.8) is 0 Å². The third-order valence-corrected chi connectivity index (χ3v) is 5.11. The van der Waals surface area contributed by atoms with E-state index in [4.69, 9.17) is 5.10 Å². The largest absolute Gasteiger partial charge is 0.351 e. The van der Waals surface area contributed by atoms with Gasteiger partial charge in [-0.3, -0.25) is 0 Å². The second-order valence-electron chi connectivity index (χ2n) is 6.84. The molecule has 0 bridgehead atoms. The number of hydrogen-bond donors (Lipinski definition) is 0. The Labute approximate surface area is 149 Å². The average Bonchev–Trinajstić information content (AvgIpc) is 3.39. The molecular weight excluding hydrogens is 330 g/mol. The molecule has 0 unspecified atom stereocenters. The molecule has 0 radical (unpaired) electrons. The molecule has 2 aliphatic rings. The molecule has 5 rings (SSSR count). The molecule has 0 amide bonds. The van der Waals surface area contributed by atoms with Crippen LogP contribution in [-0.4, -0.2) is 56.2 Å². The number of rotatable bonds is 4. The van der Waals surface area contributed by atoms with Crippen LogP contribution in [0, 0.1) is 11.3 Å². The second-order valence-corrected chi connectivity index (χ2v) is 6.84. The molecule has 3 aromatic rings. The lowest BCUT2D eigenvalue weighted by molar-refractivity contribution is 0.485. The maximum atomic E-state index is 9.25. The summed E-state index contributed by atoms with van der Waals surface area (Å²) < 4.78 is 1.88. The normalized spacial score (nSPS) is 17.2. The maximum absolute atomic E-state index is 9.25. The molecule has 130 valence electrons. The molecule has 2 fully saturated rings. The van der Waals surface area contributed by atoms with Crippen molar-refractivity contribution in [2.45, 2.75) is 24.8 Å². The standard InChI is InChI=1S/C17H17N9/c1-24(16-12(8-18)6-7-19-21-16)13-9-25(10-13)15-5-4-14-20-22-17(11-2-3-11)26(14)23-15/h4-7,11,13H,2-3,9-10H2,1H3. The smallest absolute Gasteiger partial charge is 0.178 e. The molecule has 0 aromatic carbocycles. The van der Waals surface area contributed by atoms with Crippen molar-refractivity contribution in [1.82, 2.24) is 30.0 Å². The minimum atomic E-state index is 0.264. The van der Waals surface area contributed by atoms with Gasteiger partial charge in [-0.05, 0) is 31.0 Å². The van der Waals surface area contributed by atoms with Gasteiger partial charge in [0.1, 0.15) is 11.9 Å². The van der Waals surface area contributed by atoms with Crippen molar-refractivity contribution in [2.24, 2.45) is 0 Å². The van der Waals surface area contributed by atoms with Crippen LogP contribution in [0.15, 0.2) is 24.4 Å². The van der Waals surface area contributed by atoms with Crippen molar-refractivity contribution in [3.8, 4) is 6.07 Å². The van der Waals surface area contributed by atoms with Gasteiger partial charge in [-0.1, -0.05) is 0 Å². The van der Waals surface area contributed by atoms with Crippen LogP contribution in [0.2, 0.25) is 0 Å². The first-order valence-electron chi connectivity index (χ1n) is 8.66. The summed E-state index contributed by atoms with van der Waals surface area (Å²) in [6.07, 6.45) is 3.88. The zero-order chi connectivity index (χ0) is 17.7. The Kier molecular flexibility index (Phi) is 3.25. The zero-order valence-electron chi connectivity index (χ0n) is 14.3. The quantitative estimate of drug-likeness (QED) is 0.689. The SMILES string of the molecule is CN(c1nnccc1C#N)C1CN(c2ccc3nnc(C4CC4)n3n2)C1. The highest BCUT2D eigenvalue weighted by molar-refractivity contribution is 5.55. The van der Waals surface area contributed by atoms with Crippen LogP contribution in [0.4, 0.5) is 11.6 Å². The van der Waals surface area contributed by atoms with Crippen LogP contribution < -0.4 is 9.80 Å². The van der Waals surface area contributed by atoms with E-state index in [0.717, 1.165) is 30.4 Å². The third kappa shape index (κ3) is 2.34. The first-order valence-corrected chi connectivity index (χ1v) is 8.66. The van der Waals surface area contributed by atoms with Crippen LogP contribution in [0.3, 0.4) is 0 Å². The zero-order valence-corrected chi connectivity index (χ0v) is 14.3. The number of hydrogen-bond acceptors (Lipinski definition) is 8. The Hall–Kier alpha value is -3.28. The molecule has 0 N–H and O–H groups in total. The van der Waals surface area contributed by atoms with Crippen molar-refractivity contribution in [3.05, 3.63) is 35.8 Å². The molecule has 4 heterocycles. The maximum Gasteiger partial charge on any atom is 0.178 e. The minimum absolute atomic E-state index is 0.264. The van der Waals surface area contributed by atoms with Gasteiger partial charge in [0.05, 0.1) is 17.8 Å². The highest BCUT2D eigenvalue weighted by atomic mass is 15.4. The van der Waals surface area contributed by atoms with Gasteiger partial charge < -0.3 is 9.80 Å². The lowest BCUT2D eigenvalue weighted by atomic mass is 10.1. The number of nitrogens with zero attached hydrogens (tertiary/aromatic N) is 9. The van der Waals surface area contributed by atoms with Crippen LogP contribution in [0.5, 0.6) is 0 Å². The lowest BCUT2D eigenvalue weighted by Crippen LogP contribution is -2.59. The fourth-order valence-corrected chi connectivity index (χ4v) is 3.29. The topological polar surface area (TPSA) is 99.1 Å². The summed E-state index contributed by atoms with van der Waals surface area (Å²) in [5.74, 6) is 3.01. The first-order chi connectivity index (χ1) is 12.7. The van der Waals surface area contributed by atoms with E-state index in [0.29, 0.717) is 17.3 Å². The lowest BCUT2D eigenvalue weighted by Gasteiger charge is -2.44. The molecule has 1 aliphatic heterocycles. The van der Waals surface area contributed by atoms with Gasteiger partial charge in [-0.2, -0.15) is 14.9 Å². The second kappa shape index (κ2) is 5.62. The summed E-state index contributed by atoms with van der Waals surface area (Å²) >= 11 is 0. The fraction of sp³-hybridized carbons (Fsp3) is 0.412. The Morgan fingerprint density at radius 3 is 2.77 bits per heavy atom. The van der Waals surface area contributed by atoms with Crippen LogP contribution in [0.1, 0.15) is 30.1 Å². The van der Waals surface area contributed by atoms with Crippen LogP contribution in [-0.2, 0) is 0 Å². The molecule has 0 spiro atoms. The highest BCUT2D eigenvalue weighted by Gasteiger charge is 2.34. The molecular formula is C17H17N9. The molecule has 9 nitrogen and oxygen atoms in total. The monoisotopic (exact) mass is 347 g/mol. The van der Waals surface area contributed by atoms with Gasteiger partial charge in [0.25, 0.3) is 0 Å². The Morgan fingerprint density at radius 1 is 1.15 bits per heavy atom. The van der Waals surface area contributed by atoms with E-state index in [1.807, 2.05) is 28.6 Å². The summed E-state index contributed by atoms with van der Waals surface area (Å²) in [6.45, 7) is 1.63. The highest BCUT2D eigenvalue weighted by Crippen LogP contribution is 2.39. The predicted molar refractivity (Wildman–Crippen MR) is 93.9 cm³/mol. The molecule has 9 heteroatoms. The van der Waals surface area contributed by atoms with E-state index in [9.17, 15) is 5.26 Å². The van der Waals surface area contributed by atoms with Crippen LogP contribution >= 0.6 is 0 Å². The van der Waals surface area contributed by atoms with Crippen molar-refractivity contribution >= 4 is 17.3 Å². The fourth-order valence-electron chi connectivity index (χ4n) is 3.29. The number of anilines is 2. The van der Waals surface area contributed by atoms with E-state index >= 15 is 0 Å². The van der Waals surface area contributed by atoms with Crippen molar-refractivity contribution in [2.75, 3.05) is 29.9 Å². The van der Waals surface area contributed by atoms with Gasteiger partial charge in [0.15, 0.2) is 17.3 Å². The Balaban J connectivity index is 1.34. The number of likely N-dealkylation sites (N-methyl/N-ethyl adjacent to an activating group) is 1. The van der Waals surface area contributed by atoms with Gasteiger partial charge >= 0.3 is 0 Å². The van der Waals surface area contributed by atoms with Crippen LogP contribution in [0.25, 0.3) is 5.65 Å². The van der Waals surface area contributed by atoms with E-state index < -0.39 is 0 Å². The third-order valence-electron chi connectivity index (χ3n) is 5.11. The van der Waals surface area contributed by atoms with E-state index in [1.165, 1.54) is 12.8 Å². The molecule has 1 aliphatic carbocycles. The molecule has 26 heavy (non-hydrogen) atoms. The molecule has 1 saturated heterocycles. The number of aromatic nitrogens is 6. The van der Waals surface area contributed by atoms with E-state index in [-0.39, 0.29) is 6.04 Å². The van der Waals surface area contributed by atoms with Gasteiger partial charge in [-0.25, -0.2) is 0 Å². The summed E-state index contributed by atoms with van der Waals surface area (Å²) in [4.78, 5) is 4.23. The molecule has 1 saturated carbocycles. The average molecular weight is 347 g/mol. The summed E-state index contributed by atoms with van der Waals surface area (Å²) in [6, 6.07) is 8.08. The van der Waals surface area contributed by atoms with Crippen molar-refractivity contribution < 1.29 is 0 Å². The predicted octanol–water partition coefficient (Wildman–Crippen LogP) is 0.988. The molecule has 3 aromatic heterocycles. The van der Waals surface area contributed by atoms with Crippen molar-refractivity contribution in [1.29, 1.82) is 5.26 Å². The van der Waals surface area contributed by atoms with Gasteiger partial charge in [0.2, 0.25) is 0 Å². The Morgan fingerprint density at radius 2 is 2.00 bits per heavy atom. The van der Waals surface area contributed by atoms with Gasteiger partial charge in [0, 0.05) is 26.1 Å². The first kappa shape index (κ1) is 15.0. The van der Waals surface area contributed by atoms with Gasteiger partial charge in [-0.15, -0.1) is 20.4 Å². The van der Waals surface area contributed by atoms with E-state index in [2.05, 4.69) is 31.4 Å².